The lowest BCUT2D eigenvalue weighted by atomic mass is 10.1. The van der Waals surface area contributed by atoms with E-state index in [4.69, 9.17) is 10.00 Å². The van der Waals surface area contributed by atoms with Crippen molar-refractivity contribution in [1.29, 1.82) is 5.26 Å². The number of nitrogens with zero attached hydrogens (tertiary/aromatic N) is 1. The zero-order valence-corrected chi connectivity index (χ0v) is 9.90. The van der Waals surface area contributed by atoms with E-state index in [-0.39, 0.29) is 0 Å². The first kappa shape index (κ1) is 11.2. The Morgan fingerprint density at radius 2 is 1.71 bits per heavy atom. The van der Waals surface area contributed by atoms with E-state index in [1.807, 2.05) is 50.2 Å². The van der Waals surface area contributed by atoms with Gasteiger partial charge >= 0.3 is 0 Å². The number of aryl methyl sites for hydroxylation is 2. The number of benzene rings is 2. The highest BCUT2D eigenvalue weighted by molar-refractivity contribution is 5.49. The van der Waals surface area contributed by atoms with Crippen molar-refractivity contribution in [2.75, 3.05) is 0 Å². The molecule has 2 heteroatoms. The maximum Gasteiger partial charge on any atom is 0.148 e. The lowest BCUT2D eigenvalue weighted by Crippen LogP contribution is -1.91. The second-order valence-electron chi connectivity index (χ2n) is 3.98. The van der Waals surface area contributed by atoms with Crippen molar-refractivity contribution in [3.05, 3.63) is 59.2 Å². The number of hydrogen-bond donors (Lipinski definition) is 0. The van der Waals surface area contributed by atoms with Crippen LogP contribution in [0.2, 0.25) is 0 Å². The predicted molar refractivity (Wildman–Crippen MR) is 67.1 cm³/mol. The summed E-state index contributed by atoms with van der Waals surface area (Å²) in [7, 11) is 0. The smallest absolute Gasteiger partial charge is 0.148 e. The Hall–Kier alpha value is -2.27. The normalized spacial score (nSPS) is 9.71. The summed E-state index contributed by atoms with van der Waals surface area (Å²) in [6.07, 6.45) is 0. The summed E-state index contributed by atoms with van der Waals surface area (Å²) >= 11 is 0. The Bertz CT molecular complexity index is 564. The molecular formula is C15H13NO. The summed E-state index contributed by atoms with van der Waals surface area (Å²) in [4.78, 5) is 0. The van der Waals surface area contributed by atoms with Gasteiger partial charge in [0, 0.05) is 0 Å². The average Bonchev–Trinajstić information content (AvgIpc) is 2.34. The van der Waals surface area contributed by atoms with Gasteiger partial charge in [0.25, 0.3) is 0 Å². The van der Waals surface area contributed by atoms with Gasteiger partial charge in [-0.2, -0.15) is 5.26 Å². The van der Waals surface area contributed by atoms with Crippen molar-refractivity contribution in [1.82, 2.24) is 0 Å². The molecular weight excluding hydrogens is 210 g/mol. The predicted octanol–water partition coefficient (Wildman–Crippen LogP) is 3.97. The van der Waals surface area contributed by atoms with Gasteiger partial charge in [-0.05, 0) is 37.6 Å². The monoisotopic (exact) mass is 223 g/mol. The fourth-order valence-corrected chi connectivity index (χ4v) is 1.60. The SMILES string of the molecule is Cc1ccc(Oc2c(C)cccc2C#N)cc1. The number of para-hydroxylation sites is 1. The van der Waals surface area contributed by atoms with Crippen LogP contribution in [0, 0.1) is 25.2 Å². The second kappa shape index (κ2) is 4.71. The quantitative estimate of drug-likeness (QED) is 0.771. The molecule has 0 atom stereocenters. The maximum absolute atomic E-state index is 9.04. The summed E-state index contributed by atoms with van der Waals surface area (Å²) in [5.74, 6) is 1.39. The molecule has 0 aliphatic rings. The third kappa shape index (κ3) is 2.46. The van der Waals surface area contributed by atoms with E-state index in [0.717, 1.165) is 11.3 Å². The van der Waals surface area contributed by atoms with Crippen LogP contribution in [0.25, 0.3) is 0 Å². The highest BCUT2D eigenvalue weighted by atomic mass is 16.5. The van der Waals surface area contributed by atoms with E-state index in [1.165, 1.54) is 5.56 Å². The molecule has 0 aliphatic carbocycles. The van der Waals surface area contributed by atoms with E-state index in [0.29, 0.717) is 11.3 Å². The molecule has 0 aromatic heterocycles. The standard InChI is InChI=1S/C15H13NO/c1-11-6-8-14(9-7-11)17-15-12(2)4-3-5-13(15)10-16/h3-9H,1-2H3. The van der Waals surface area contributed by atoms with E-state index >= 15 is 0 Å². The number of nitriles is 1. The summed E-state index contributed by atoms with van der Waals surface area (Å²) in [6, 6.07) is 15.5. The Balaban J connectivity index is 2.36. The number of rotatable bonds is 2. The molecule has 0 saturated carbocycles. The van der Waals surface area contributed by atoms with Crippen molar-refractivity contribution < 1.29 is 4.74 Å². The number of ether oxygens (including phenoxy) is 1. The van der Waals surface area contributed by atoms with Gasteiger partial charge in [0.05, 0.1) is 5.56 Å². The van der Waals surface area contributed by atoms with Crippen LogP contribution in [0.4, 0.5) is 0 Å². The van der Waals surface area contributed by atoms with E-state index in [1.54, 1.807) is 6.07 Å². The van der Waals surface area contributed by atoms with Crippen LogP contribution in [0.3, 0.4) is 0 Å². The lowest BCUT2D eigenvalue weighted by Gasteiger charge is -2.10. The Morgan fingerprint density at radius 1 is 1.00 bits per heavy atom. The van der Waals surface area contributed by atoms with Crippen LogP contribution in [0.5, 0.6) is 11.5 Å². The molecule has 0 bridgehead atoms. The molecule has 2 nitrogen and oxygen atoms in total. The van der Waals surface area contributed by atoms with Crippen LogP contribution in [0.1, 0.15) is 16.7 Å². The second-order valence-corrected chi connectivity index (χ2v) is 3.98. The Labute approximate surface area is 101 Å². The van der Waals surface area contributed by atoms with Gasteiger partial charge in [0.2, 0.25) is 0 Å². The number of hydrogen-bond acceptors (Lipinski definition) is 2. The Kier molecular flexibility index (Phi) is 3.11. The summed E-state index contributed by atoms with van der Waals surface area (Å²) in [5.41, 5.74) is 2.71. The molecule has 0 saturated heterocycles. The summed E-state index contributed by atoms with van der Waals surface area (Å²) < 4.78 is 5.76. The first-order valence-electron chi connectivity index (χ1n) is 5.45. The van der Waals surface area contributed by atoms with E-state index in [2.05, 4.69) is 6.07 Å². The molecule has 2 aromatic rings. The Morgan fingerprint density at radius 3 is 2.35 bits per heavy atom. The highest BCUT2D eigenvalue weighted by Gasteiger charge is 2.07. The van der Waals surface area contributed by atoms with Crippen LogP contribution in [-0.4, -0.2) is 0 Å². The molecule has 0 radical (unpaired) electrons. The van der Waals surface area contributed by atoms with Crippen LogP contribution < -0.4 is 4.74 Å². The average molecular weight is 223 g/mol. The topological polar surface area (TPSA) is 33.0 Å². The van der Waals surface area contributed by atoms with Gasteiger partial charge in [0.1, 0.15) is 17.6 Å². The minimum absolute atomic E-state index is 0.561. The summed E-state index contributed by atoms with van der Waals surface area (Å²) in [6.45, 7) is 3.96. The molecule has 0 amide bonds. The van der Waals surface area contributed by atoms with Gasteiger partial charge < -0.3 is 4.74 Å². The molecule has 84 valence electrons. The minimum Gasteiger partial charge on any atom is -0.456 e. The van der Waals surface area contributed by atoms with Crippen molar-refractivity contribution in [3.63, 3.8) is 0 Å². The first-order chi connectivity index (χ1) is 8.20. The zero-order chi connectivity index (χ0) is 12.3. The molecule has 0 fully saturated rings. The minimum atomic E-state index is 0.561. The van der Waals surface area contributed by atoms with E-state index < -0.39 is 0 Å². The van der Waals surface area contributed by atoms with Gasteiger partial charge in [0.15, 0.2) is 0 Å². The van der Waals surface area contributed by atoms with Gasteiger partial charge in [-0.25, -0.2) is 0 Å². The van der Waals surface area contributed by atoms with Gasteiger partial charge in [-0.1, -0.05) is 29.8 Å². The fraction of sp³-hybridized carbons (Fsp3) is 0.133. The molecule has 0 spiro atoms. The van der Waals surface area contributed by atoms with E-state index in [9.17, 15) is 0 Å². The molecule has 0 heterocycles. The zero-order valence-electron chi connectivity index (χ0n) is 9.90. The fourth-order valence-electron chi connectivity index (χ4n) is 1.60. The van der Waals surface area contributed by atoms with Crippen molar-refractivity contribution in [2.45, 2.75) is 13.8 Å². The molecule has 2 rings (SSSR count). The van der Waals surface area contributed by atoms with Gasteiger partial charge in [-0.3, -0.25) is 0 Å². The van der Waals surface area contributed by atoms with Crippen molar-refractivity contribution >= 4 is 0 Å². The maximum atomic E-state index is 9.04. The summed E-state index contributed by atoms with van der Waals surface area (Å²) in [5, 5.41) is 9.04. The molecule has 0 aliphatic heterocycles. The van der Waals surface area contributed by atoms with Crippen LogP contribution >= 0.6 is 0 Å². The molecule has 0 N–H and O–H groups in total. The lowest BCUT2D eigenvalue weighted by molar-refractivity contribution is 0.477. The van der Waals surface area contributed by atoms with Crippen molar-refractivity contribution in [3.8, 4) is 17.6 Å². The first-order valence-corrected chi connectivity index (χ1v) is 5.45. The van der Waals surface area contributed by atoms with Gasteiger partial charge in [-0.15, -0.1) is 0 Å². The molecule has 2 aromatic carbocycles. The largest absolute Gasteiger partial charge is 0.456 e. The highest BCUT2D eigenvalue weighted by Crippen LogP contribution is 2.28. The molecule has 0 unspecified atom stereocenters. The third-order valence-electron chi connectivity index (χ3n) is 2.57. The van der Waals surface area contributed by atoms with Crippen molar-refractivity contribution in [2.24, 2.45) is 0 Å². The third-order valence-corrected chi connectivity index (χ3v) is 2.57. The molecule has 17 heavy (non-hydrogen) atoms. The van der Waals surface area contributed by atoms with Crippen LogP contribution in [0.15, 0.2) is 42.5 Å². The van der Waals surface area contributed by atoms with Crippen LogP contribution in [-0.2, 0) is 0 Å².